The largest absolute Gasteiger partial charge is 0.388 e. The van der Waals surface area contributed by atoms with Gasteiger partial charge in [-0.3, -0.25) is 4.79 Å². The molecule has 1 aromatic carbocycles. The summed E-state index contributed by atoms with van der Waals surface area (Å²) >= 11 is 0. The van der Waals surface area contributed by atoms with Crippen molar-refractivity contribution in [3.05, 3.63) is 35.9 Å². The Hall–Kier alpha value is -2.08. The maximum atomic E-state index is 13.3. The van der Waals surface area contributed by atoms with Crippen LogP contribution in [0.3, 0.4) is 0 Å². The van der Waals surface area contributed by atoms with Gasteiger partial charge in [0, 0.05) is 6.54 Å². The van der Waals surface area contributed by atoms with Gasteiger partial charge in [0.2, 0.25) is 5.91 Å². The summed E-state index contributed by atoms with van der Waals surface area (Å²) in [6.45, 7) is 5.43. The molecule has 1 spiro atoms. The van der Waals surface area contributed by atoms with Gasteiger partial charge in [0.15, 0.2) is 0 Å². The SMILES string of the molecule is CCC(C)CC1(c2ccccc2)CCC2(CC1)CN(CC(N)=O)C(=O)N2CC1(O)CCC1. The Balaban J connectivity index is 1.61. The summed E-state index contributed by atoms with van der Waals surface area (Å²) in [5, 5.41) is 10.9. The van der Waals surface area contributed by atoms with Gasteiger partial charge in [0.1, 0.15) is 6.54 Å². The van der Waals surface area contributed by atoms with Gasteiger partial charge in [-0.05, 0) is 68.3 Å². The summed E-state index contributed by atoms with van der Waals surface area (Å²) in [6.07, 6.45) is 8.57. The van der Waals surface area contributed by atoms with Crippen LogP contribution in [-0.2, 0) is 10.2 Å². The second-order valence-corrected chi connectivity index (χ2v) is 10.9. The monoisotopic (exact) mass is 441 g/mol. The van der Waals surface area contributed by atoms with Crippen LogP contribution < -0.4 is 5.73 Å². The van der Waals surface area contributed by atoms with Crippen molar-refractivity contribution in [1.29, 1.82) is 0 Å². The highest BCUT2D eigenvalue weighted by Crippen LogP contribution is 2.51. The van der Waals surface area contributed by atoms with Crippen molar-refractivity contribution in [3.63, 3.8) is 0 Å². The lowest BCUT2D eigenvalue weighted by molar-refractivity contribution is -0.118. The minimum atomic E-state index is -0.782. The molecular weight excluding hydrogens is 402 g/mol. The third-order valence-corrected chi connectivity index (χ3v) is 8.60. The van der Waals surface area contributed by atoms with Crippen LogP contribution in [0.15, 0.2) is 30.3 Å². The molecule has 32 heavy (non-hydrogen) atoms. The molecule has 0 aromatic heterocycles. The van der Waals surface area contributed by atoms with Crippen LogP contribution in [0.2, 0.25) is 0 Å². The van der Waals surface area contributed by atoms with E-state index in [1.807, 2.05) is 4.90 Å². The van der Waals surface area contributed by atoms with Crippen LogP contribution in [0.5, 0.6) is 0 Å². The van der Waals surface area contributed by atoms with Crippen LogP contribution in [0, 0.1) is 5.92 Å². The zero-order valence-corrected chi connectivity index (χ0v) is 19.7. The maximum Gasteiger partial charge on any atom is 0.321 e. The number of carbonyl (C=O) groups is 2. The lowest BCUT2D eigenvalue weighted by atomic mass is 9.60. The lowest BCUT2D eigenvalue weighted by Gasteiger charge is -2.51. The molecule has 1 unspecified atom stereocenters. The minimum absolute atomic E-state index is 0.0494. The average molecular weight is 442 g/mol. The van der Waals surface area contributed by atoms with Crippen LogP contribution in [0.4, 0.5) is 4.79 Å². The normalized spacial score (nSPS) is 30.4. The average Bonchev–Trinajstić information content (AvgIpc) is 3.00. The molecule has 3 amide bonds. The van der Waals surface area contributed by atoms with Crippen LogP contribution in [0.25, 0.3) is 0 Å². The first-order valence-electron chi connectivity index (χ1n) is 12.3. The standard InChI is InChI=1S/C26H39N3O3/c1-3-20(2)16-24(21-8-5-4-6-9-21)12-14-25(15-13-24)18-28(17-22(27)30)23(31)29(25)19-26(32)10-7-11-26/h4-6,8-9,20,32H,3,7,10-19H2,1-2H3,(H2,27,30). The molecule has 176 valence electrons. The van der Waals surface area contributed by atoms with E-state index in [1.165, 1.54) is 5.56 Å². The van der Waals surface area contributed by atoms with E-state index in [4.69, 9.17) is 5.73 Å². The van der Waals surface area contributed by atoms with E-state index >= 15 is 0 Å². The lowest BCUT2D eigenvalue weighted by Crippen LogP contribution is -2.58. The van der Waals surface area contributed by atoms with Gasteiger partial charge in [-0.15, -0.1) is 0 Å². The number of aliphatic hydroxyl groups is 1. The number of β-amino-alcohol motifs (C(OH)–C–C–N with tert-alkyl or cyclic N) is 1. The molecule has 1 atom stereocenters. The molecule has 4 rings (SSSR count). The highest BCUT2D eigenvalue weighted by atomic mass is 16.3. The van der Waals surface area contributed by atoms with Crippen molar-refractivity contribution in [2.45, 2.75) is 88.2 Å². The molecule has 2 saturated carbocycles. The second-order valence-electron chi connectivity index (χ2n) is 10.9. The summed E-state index contributed by atoms with van der Waals surface area (Å²) in [7, 11) is 0. The Morgan fingerprint density at radius 2 is 1.78 bits per heavy atom. The van der Waals surface area contributed by atoms with Gasteiger partial charge in [0.05, 0.1) is 17.7 Å². The topological polar surface area (TPSA) is 86.9 Å². The van der Waals surface area contributed by atoms with Gasteiger partial charge in [0.25, 0.3) is 0 Å². The van der Waals surface area contributed by atoms with Crippen LogP contribution in [-0.4, -0.2) is 57.6 Å². The molecule has 6 nitrogen and oxygen atoms in total. The molecule has 2 aliphatic carbocycles. The molecule has 6 heteroatoms. The van der Waals surface area contributed by atoms with Crippen LogP contribution >= 0.6 is 0 Å². The number of hydrogen-bond acceptors (Lipinski definition) is 3. The van der Waals surface area contributed by atoms with E-state index in [1.54, 1.807) is 4.90 Å². The van der Waals surface area contributed by atoms with E-state index in [9.17, 15) is 14.7 Å². The Kier molecular flexibility index (Phi) is 6.27. The maximum absolute atomic E-state index is 13.3. The van der Waals surface area contributed by atoms with Gasteiger partial charge in [-0.25, -0.2) is 4.79 Å². The van der Waals surface area contributed by atoms with Crippen molar-refractivity contribution >= 4 is 11.9 Å². The summed E-state index contributed by atoms with van der Waals surface area (Å²) in [4.78, 5) is 28.5. The van der Waals surface area contributed by atoms with Crippen molar-refractivity contribution in [3.8, 4) is 0 Å². The molecule has 1 heterocycles. The number of nitrogens with two attached hydrogens (primary N) is 1. The van der Waals surface area contributed by atoms with Gasteiger partial charge >= 0.3 is 6.03 Å². The van der Waals surface area contributed by atoms with Gasteiger partial charge in [-0.2, -0.15) is 0 Å². The van der Waals surface area contributed by atoms with Crippen molar-refractivity contribution in [2.75, 3.05) is 19.6 Å². The molecule has 1 aromatic rings. The van der Waals surface area contributed by atoms with Crippen molar-refractivity contribution in [1.82, 2.24) is 9.80 Å². The first kappa shape index (κ1) is 23.1. The van der Waals surface area contributed by atoms with Gasteiger partial charge in [-0.1, -0.05) is 50.6 Å². The molecule has 1 saturated heterocycles. The second kappa shape index (κ2) is 8.69. The summed E-state index contributed by atoms with van der Waals surface area (Å²) in [5.74, 6) is 0.150. The molecule has 1 aliphatic heterocycles. The zero-order valence-electron chi connectivity index (χ0n) is 19.7. The van der Waals surface area contributed by atoms with E-state index in [0.717, 1.165) is 57.8 Å². The fraction of sp³-hybridized carbons (Fsp3) is 0.692. The van der Waals surface area contributed by atoms with E-state index in [2.05, 4.69) is 44.2 Å². The molecular formula is C26H39N3O3. The number of benzene rings is 1. The molecule has 3 N–H and O–H groups in total. The Labute approximate surface area is 192 Å². The van der Waals surface area contributed by atoms with Crippen molar-refractivity contribution < 1.29 is 14.7 Å². The first-order valence-corrected chi connectivity index (χ1v) is 12.3. The minimum Gasteiger partial charge on any atom is -0.388 e. The van der Waals surface area contributed by atoms with E-state index in [0.29, 0.717) is 19.0 Å². The fourth-order valence-corrected chi connectivity index (χ4v) is 6.30. The first-order chi connectivity index (χ1) is 15.2. The zero-order chi connectivity index (χ0) is 23.0. The molecule has 0 bridgehead atoms. The number of hydrogen-bond donors (Lipinski definition) is 2. The summed E-state index contributed by atoms with van der Waals surface area (Å²) in [5.41, 5.74) is 5.85. The predicted molar refractivity (Wildman–Crippen MR) is 125 cm³/mol. The number of primary amides is 1. The van der Waals surface area contributed by atoms with Crippen LogP contribution in [0.1, 0.15) is 77.2 Å². The summed E-state index contributed by atoms with van der Waals surface area (Å²) in [6, 6.07) is 10.7. The quantitative estimate of drug-likeness (QED) is 0.643. The number of carbonyl (C=O) groups excluding carboxylic acids is 2. The highest BCUT2D eigenvalue weighted by Gasteiger charge is 2.56. The highest BCUT2D eigenvalue weighted by molar-refractivity contribution is 5.85. The number of amides is 3. The third-order valence-electron chi connectivity index (χ3n) is 8.60. The Morgan fingerprint density at radius 3 is 2.31 bits per heavy atom. The number of urea groups is 1. The fourth-order valence-electron chi connectivity index (χ4n) is 6.30. The molecule has 0 radical (unpaired) electrons. The molecule has 3 fully saturated rings. The van der Waals surface area contributed by atoms with E-state index in [-0.39, 0.29) is 23.5 Å². The predicted octanol–water partition coefficient (Wildman–Crippen LogP) is 3.81. The smallest absolute Gasteiger partial charge is 0.321 e. The van der Waals surface area contributed by atoms with Gasteiger partial charge < -0.3 is 20.6 Å². The summed E-state index contributed by atoms with van der Waals surface area (Å²) < 4.78 is 0. The Bertz CT molecular complexity index is 828. The van der Waals surface area contributed by atoms with Crippen molar-refractivity contribution in [2.24, 2.45) is 11.7 Å². The third kappa shape index (κ3) is 4.26. The molecule has 3 aliphatic rings. The Morgan fingerprint density at radius 1 is 1.12 bits per heavy atom. The number of rotatable bonds is 8. The number of nitrogens with zero attached hydrogens (tertiary/aromatic N) is 2. The van der Waals surface area contributed by atoms with E-state index < -0.39 is 11.5 Å².